The molecule has 2 amide bonds. The first-order valence-corrected chi connectivity index (χ1v) is 9.93. The molecule has 9 nitrogen and oxygen atoms in total. The Hall–Kier alpha value is -3.24. The molecule has 0 heterocycles. The topological polar surface area (TPSA) is 142 Å². The molecule has 0 aliphatic heterocycles. The Balaban J connectivity index is 2.19. The molecular formula is C21H26BN3O6. The van der Waals surface area contributed by atoms with Crippen LogP contribution in [0, 0.1) is 16.0 Å². The fourth-order valence-corrected chi connectivity index (χ4v) is 3.08. The summed E-state index contributed by atoms with van der Waals surface area (Å²) in [5.41, 5.74) is 0.817. The average Bonchev–Trinajstić information content (AvgIpc) is 2.73. The van der Waals surface area contributed by atoms with Crippen molar-refractivity contribution in [3.63, 3.8) is 0 Å². The van der Waals surface area contributed by atoms with E-state index in [1.54, 1.807) is 0 Å². The number of nitro benzene ring substituents is 1. The van der Waals surface area contributed by atoms with Crippen LogP contribution in [0.3, 0.4) is 0 Å². The molecule has 0 radical (unpaired) electrons. The lowest BCUT2D eigenvalue weighted by Gasteiger charge is -2.24. The normalized spacial score (nSPS) is 12.7. The zero-order valence-electron chi connectivity index (χ0n) is 17.4. The number of nitrogens with zero attached hydrogens (tertiary/aromatic N) is 1. The summed E-state index contributed by atoms with van der Waals surface area (Å²) in [5, 5.41) is 35.3. The van der Waals surface area contributed by atoms with Gasteiger partial charge in [0.15, 0.2) is 0 Å². The SMILES string of the molecule is CC(C)C[C@H](NC(=O)[C@H](Cc1ccccc1)NC(=O)c1ccc([N+](=O)[O-])cc1)B(O)O. The Morgan fingerprint density at radius 3 is 2.16 bits per heavy atom. The van der Waals surface area contributed by atoms with Gasteiger partial charge in [-0.15, -0.1) is 0 Å². The Morgan fingerprint density at radius 1 is 1.03 bits per heavy atom. The number of carbonyl (C=O) groups excluding carboxylic acids is 2. The number of non-ortho nitro benzene ring substituents is 1. The lowest BCUT2D eigenvalue weighted by atomic mass is 9.75. The van der Waals surface area contributed by atoms with Gasteiger partial charge in [-0.2, -0.15) is 0 Å². The van der Waals surface area contributed by atoms with Gasteiger partial charge in [-0.25, -0.2) is 0 Å². The van der Waals surface area contributed by atoms with Gasteiger partial charge in [0.1, 0.15) is 6.04 Å². The smallest absolute Gasteiger partial charge is 0.426 e. The van der Waals surface area contributed by atoms with Crippen molar-refractivity contribution in [2.75, 3.05) is 0 Å². The highest BCUT2D eigenvalue weighted by molar-refractivity contribution is 6.43. The third kappa shape index (κ3) is 7.51. The number of amides is 2. The van der Waals surface area contributed by atoms with E-state index in [1.807, 2.05) is 44.2 Å². The highest BCUT2D eigenvalue weighted by atomic mass is 16.6. The molecule has 0 saturated heterocycles. The van der Waals surface area contributed by atoms with Crippen LogP contribution in [-0.2, 0) is 11.2 Å². The van der Waals surface area contributed by atoms with E-state index < -0.39 is 35.8 Å². The number of nitrogens with one attached hydrogen (secondary N) is 2. The van der Waals surface area contributed by atoms with Crippen LogP contribution in [-0.4, -0.2) is 45.9 Å². The molecule has 0 unspecified atom stereocenters. The fourth-order valence-electron chi connectivity index (χ4n) is 3.08. The Morgan fingerprint density at radius 2 is 1.65 bits per heavy atom. The zero-order chi connectivity index (χ0) is 23.0. The van der Waals surface area contributed by atoms with Gasteiger partial charge in [0.05, 0.1) is 10.9 Å². The minimum atomic E-state index is -1.74. The third-order valence-corrected chi connectivity index (χ3v) is 4.66. The number of nitro groups is 1. The highest BCUT2D eigenvalue weighted by Gasteiger charge is 2.30. The van der Waals surface area contributed by atoms with E-state index >= 15 is 0 Å². The molecule has 2 aromatic rings. The predicted octanol–water partition coefficient (Wildman–Crippen LogP) is 1.48. The van der Waals surface area contributed by atoms with E-state index in [0.717, 1.165) is 5.56 Å². The second-order valence-corrected chi connectivity index (χ2v) is 7.68. The van der Waals surface area contributed by atoms with Gasteiger partial charge in [-0.1, -0.05) is 44.2 Å². The monoisotopic (exact) mass is 427 g/mol. The molecule has 0 aliphatic rings. The van der Waals surface area contributed by atoms with Gasteiger partial charge in [0.25, 0.3) is 11.6 Å². The summed E-state index contributed by atoms with van der Waals surface area (Å²) in [6.45, 7) is 3.78. The molecular weight excluding hydrogens is 401 g/mol. The highest BCUT2D eigenvalue weighted by Crippen LogP contribution is 2.13. The van der Waals surface area contributed by atoms with E-state index in [1.165, 1.54) is 24.3 Å². The summed E-state index contributed by atoms with van der Waals surface area (Å²) >= 11 is 0. The molecule has 2 rings (SSSR count). The lowest BCUT2D eigenvalue weighted by Crippen LogP contribution is -2.55. The van der Waals surface area contributed by atoms with E-state index in [0.29, 0.717) is 6.42 Å². The first-order chi connectivity index (χ1) is 14.7. The van der Waals surface area contributed by atoms with Gasteiger partial charge >= 0.3 is 7.12 Å². The van der Waals surface area contributed by atoms with Crippen LogP contribution in [0.4, 0.5) is 5.69 Å². The Labute approximate surface area is 180 Å². The molecule has 0 saturated carbocycles. The largest absolute Gasteiger partial charge is 0.475 e. The van der Waals surface area contributed by atoms with E-state index in [-0.39, 0.29) is 23.6 Å². The van der Waals surface area contributed by atoms with Crippen molar-refractivity contribution in [2.24, 2.45) is 5.92 Å². The Bertz CT molecular complexity index is 890. The molecule has 2 aromatic carbocycles. The van der Waals surface area contributed by atoms with Crippen LogP contribution in [0.5, 0.6) is 0 Å². The van der Waals surface area contributed by atoms with Gasteiger partial charge in [0, 0.05) is 24.1 Å². The van der Waals surface area contributed by atoms with Crippen molar-refractivity contribution in [1.29, 1.82) is 0 Å². The number of benzene rings is 2. The maximum absolute atomic E-state index is 12.9. The number of carbonyl (C=O) groups is 2. The van der Waals surface area contributed by atoms with Crippen LogP contribution in [0.1, 0.15) is 36.2 Å². The lowest BCUT2D eigenvalue weighted by molar-refractivity contribution is -0.384. The molecule has 0 bridgehead atoms. The summed E-state index contributed by atoms with van der Waals surface area (Å²) in [6, 6.07) is 13.1. The van der Waals surface area contributed by atoms with Gasteiger partial charge in [0.2, 0.25) is 5.91 Å². The minimum absolute atomic E-state index is 0.106. The van der Waals surface area contributed by atoms with Crippen molar-refractivity contribution in [2.45, 2.75) is 38.7 Å². The van der Waals surface area contributed by atoms with Crippen molar-refractivity contribution in [3.8, 4) is 0 Å². The average molecular weight is 427 g/mol. The second-order valence-electron chi connectivity index (χ2n) is 7.68. The molecule has 4 N–H and O–H groups in total. The maximum atomic E-state index is 12.9. The number of hydrogen-bond acceptors (Lipinski definition) is 6. The molecule has 0 spiro atoms. The van der Waals surface area contributed by atoms with Gasteiger partial charge < -0.3 is 20.7 Å². The van der Waals surface area contributed by atoms with Gasteiger partial charge in [-0.3, -0.25) is 19.7 Å². The van der Waals surface area contributed by atoms with Crippen molar-refractivity contribution >= 4 is 24.6 Å². The van der Waals surface area contributed by atoms with E-state index in [9.17, 15) is 29.8 Å². The second kappa shape index (κ2) is 11.2. The first-order valence-electron chi connectivity index (χ1n) is 9.93. The number of hydrogen-bond donors (Lipinski definition) is 4. The van der Waals surface area contributed by atoms with Crippen LogP contribution in [0.2, 0.25) is 0 Å². The maximum Gasteiger partial charge on any atom is 0.475 e. The van der Waals surface area contributed by atoms with Crippen molar-refractivity contribution < 1.29 is 24.6 Å². The quantitative estimate of drug-likeness (QED) is 0.257. The molecule has 164 valence electrons. The molecule has 0 aromatic heterocycles. The summed E-state index contributed by atoms with van der Waals surface area (Å²) in [5.74, 6) is -1.91. The summed E-state index contributed by atoms with van der Waals surface area (Å²) in [6.07, 6.45) is 0.527. The fraction of sp³-hybridized carbons (Fsp3) is 0.333. The third-order valence-electron chi connectivity index (χ3n) is 4.66. The van der Waals surface area contributed by atoms with Crippen LogP contribution >= 0.6 is 0 Å². The first kappa shape index (κ1) is 24.0. The summed E-state index contributed by atoms with van der Waals surface area (Å²) in [7, 11) is -1.74. The van der Waals surface area contributed by atoms with Crippen LogP contribution in [0.25, 0.3) is 0 Å². The summed E-state index contributed by atoms with van der Waals surface area (Å²) < 4.78 is 0. The molecule has 0 aliphatic carbocycles. The number of rotatable bonds is 10. The molecule has 0 fully saturated rings. The molecule has 31 heavy (non-hydrogen) atoms. The van der Waals surface area contributed by atoms with Crippen molar-refractivity contribution in [3.05, 3.63) is 75.8 Å². The van der Waals surface area contributed by atoms with Gasteiger partial charge in [-0.05, 0) is 30.0 Å². The minimum Gasteiger partial charge on any atom is -0.426 e. The zero-order valence-corrected chi connectivity index (χ0v) is 17.4. The predicted molar refractivity (Wildman–Crippen MR) is 116 cm³/mol. The van der Waals surface area contributed by atoms with E-state index in [4.69, 9.17) is 0 Å². The molecule has 2 atom stereocenters. The Kier molecular flexibility index (Phi) is 8.71. The van der Waals surface area contributed by atoms with E-state index in [2.05, 4.69) is 10.6 Å². The standard InChI is InChI=1S/C21H26BN3O6/c1-14(2)12-19(22(28)29)24-21(27)18(13-15-6-4-3-5-7-15)23-20(26)16-8-10-17(11-9-16)25(30)31/h3-11,14,18-19,28-29H,12-13H2,1-2H3,(H,23,26)(H,24,27)/t18-,19-/m0/s1. The molecule has 10 heteroatoms. The summed E-state index contributed by atoms with van der Waals surface area (Å²) in [4.78, 5) is 35.8. The van der Waals surface area contributed by atoms with Crippen LogP contribution < -0.4 is 10.6 Å². The van der Waals surface area contributed by atoms with Crippen molar-refractivity contribution in [1.82, 2.24) is 10.6 Å². The van der Waals surface area contributed by atoms with Crippen LogP contribution in [0.15, 0.2) is 54.6 Å².